The smallest absolute Gasteiger partial charge is 0.317 e. The molecule has 0 aromatic carbocycles. The summed E-state index contributed by atoms with van der Waals surface area (Å²) in [7, 11) is 0. The van der Waals surface area contributed by atoms with Crippen LogP contribution in [0.5, 0.6) is 0 Å². The van der Waals surface area contributed by atoms with E-state index in [9.17, 15) is 18.0 Å². The van der Waals surface area contributed by atoms with Crippen LogP contribution >= 0.6 is 0 Å². The number of aliphatic imine (C=N–C) groups is 1. The third kappa shape index (κ3) is 2.80. The van der Waals surface area contributed by atoms with Crippen molar-refractivity contribution in [3.8, 4) is 0 Å². The Morgan fingerprint density at radius 3 is 2.29 bits per heavy atom. The summed E-state index contributed by atoms with van der Waals surface area (Å²) in [5, 5.41) is 6.04. The molecule has 21 heavy (non-hydrogen) atoms. The summed E-state index contributed by atoms with van der Waals surface area (Å²) in [6.45, 7) is 1.51. The minimum atomic E-state index is -4.10. The van der Waals surface area contributed by atoms with Gasteiger partial charge in [0.15, 0.2) is 0 Å². The second-order valence-corrected chi connectivity index (χ2v) is 6.32. The number of hydrogen-bond donors (Lipinski definition) is 2. The average molecular weight is 303 g/mol. The second kappa shape index (κ2) is 5.26. The number of halogens is 3. The van der Waals surface area contributed by atoms with E-state index in [2.05, 4.69) is 15.6 Å². The van der Waals surface area contributed by atoms with Crippen molar-refractivity contribution in [1.29, 1.82) is 0 Å². The molecule has 3 aliphatic rings. The number of alkyl halides is 3. The first-order valence-electron chi connectivity index (χ1n) is 7.59. The van der Waals surface area contributed by atoms with E-state index >= 15 is 0 Å². The Morgan fingerprint density at radius 2 is 1.71 bits per heavy atom. The first kappa shape index (κ1) is 14.8. The van der Waals surface area contributed by atoms with Crippen LogP contribution in [-0.2, 0) is 4.79 Å². The van der Waals surface area contributed by atoms with Crippen LogP contribution in [0.4, 0.5) is 13.2 Å². The number of amides is 1. The maximum absolute atomic E-state index is 12.7. The SMILES string of the molecule is O=C1NC(C2CCC(C(F)(F)F)CC2)=NC12CCNCC2. The number of amidine groups is 1. The summed E-state index contributed by atoms with van der Waals surface area (Å²) in [5.41, 5.74) is -0.665. The van der Waals surface area contributed by atoms with Gasteiger partial charge in [0.2, 0.25) is 0 Å². The maximum atomic E-state index is 12.7. The summed E-state index contributed by atoms with van der Waals surface area (Å²) in [4.78, 5) is 16.8. The maximum Gasteiger partial charge on any atom is 0.391 e. The van der Waals surface area contributed by atoms with Gasteiger partial charge in [-0.05, 0) is 51.6 Å². The quantitative estimate of drug-likeness (QED) is 0.778. The molecule has 2 heterocycles. The first-order valence-corrected chi connectivity index (χ1v) is 7.59. The topological polar surface area (TPSA) is 53.5 Å². The number of piperidine rings is 1. The molecule has 3 rings (SSSR count). The molecule has 1 saturated carbocycles. The molecule has 0 radical (unpaired) electrons. The molecule has 4 nitrogen and oxygen atoms in total. The van der Waals surface area contributed by atoms with E-state index in [-0.39, 0.29) is 24.7 Å². The lowest BCUT2D eigenvalue weighted by molar-refractivity contribution is -0.182. The lowest BCUT2D eigenvalue weighted by atomic mass is 9.81. The fraction of sp³-hybridized carbons (Fsp3) is 0.857. The Hall–Kier alpha value is -1.11. The summed E-state index contributed by atoms with van der Waals surface area (Å²) >= 11 is 0. The van der Waals surface area contributed by atoms with Gasteiger partial charge in [-0.15, -0.1) is 0 Å². The number of carbonyl (C=O) groups is 1. The van der Waals surface area contributed by atoms with E-state index in [1.807, 2.05) is 0 Å². The highest BCUT2D eigenvalue weighted by atomic mass is 19.4. The largest absolute Gasteiger partial charge is 0.391 e. The molecule has 2 aliphatic heterocycles. The minimum Gasteiger partial charge on any atom is -0.317 e. The summed E-state index contributed by atoms with van der Waals surface area (Å²) in [5.74, 6) is -0.666. The highest BCUT2D eigenvalue weighted by Gasteiger charge is 2.47. The van der Waals surface area contributed by atoms with E-state index in [4.69, 9.17) is 0 Å². The van der Waals surface area contributed by atoms with Gasteiger partial charge in [0.1, 0.15) is 11.4 Å². The molecular weight excluding hydrogens is 283 g/mol. The predicted octanol–water partition coefficient (Wildman–Crippen LogP) is 2.01. The van der Waals surface area contributed by atoms with E-state index in [0.717, 1.165) is 13.1 Å². The van der Waals surface area contributed by atoms with Crippen LogP contribution in [-0.4, -0.2) is 36.5 Å². The van der Waals surface area contributed by atoms with E-state index < -0.39 is 17.6 Å². The number of rotatable bonds is 1. The number of carbonyl (C=O) groups excluding carboxylic acids is 1. The zero-order valence-electron chi connectivity index (χ0n) is 11.8. The van der Waals surface area contributed by atoms with E-state index in [1.54, 1.807) is 0 Å². The van der Waals surface area contributed by atoms with Crippen molar-refractivity contribution in [1.82, 2.24) is 10.6 Å². The van der Waals surface area contributed by atoms with Gasteiger partial charge in [-0.2, -0.15) is 13.2 Å². The van der Waals surface area contributed by atoms with Crippen LogP contribution in [0, 0.1) is 11.8 Å². The molecule has 118 valence electrons. The predicted molar refractivity (Wildman–Crippen MR) is 71.9 cm³/mol. The fourth-order valence-corrected chi connectivity index (χ4v) is 3.61. The number of nitrogens with zero attached hydrogens (tertiary/aromatic N) is 1. The van der Waals surface area contributed by atoms with Crippen molar-refractivity contribution < 1.29 is 18.0 Å². The first-order chi connectivity index (χ1) is 9.91. The van der Waals surface area contributed by atoms with Crippen LogP contribution < -0.4 is 10.6 Å². The van der Waals surface area contributed by atoms with Crippen molar-refractivity contribution in [2.75, 3.05) is 13.1 Å². The molecule has 0 unspecified atom stereocenters. The zero-order valence-corrected chi connectivity index (χ0v) is 11.8. The summed E-state index contributed by atoms with van der Waals surface area (Å²) in [6.07, 6.45) is -1.58. The molecule has 2 fully saturated rings. The van der Waals surface area contributed by atoms with Crippen LogP contribution in [0.15, 0.2) is 4.99 Å². The molecule has 2 N–H and O–H groups in total. The minimum absolute atomic E-state index is 0.0261. The normalized spacial score (nSPS) is 32.9. The van der Waals surface area contributed by atoms with Gasteiger partial charge in [0.25, 0.3) is 5.91 Å². The van der Waals surface area contributed by atoms with Gasteiger partial charge in [-0.25, -0.2) is 0 Å². The monoisotopic (exact) mass is 303 g/mol. The summed E-state index contributed by atoms with van der Waals surface area (Å²) in [6, 6.07) is 0. The van der Waals surface area contributed by atoms with Crippen molar-refractivity contribution in [3.63, 3.8) is 0 Å². The fourth-order valence-electron chi connectivity index (χ4n) is 3.61. The Morgan fingerprint density at radius 1 is 1.10 bits per heavy atom. The molecule has 7 heteroatoms. The Labute approximate surface area is 121 Å². The Balaban J connectivity index is 1.66. The Bertz CT molecular complexity index is 447. The van der Waals surface area contributed by atoms with Crippen LogP contribution in [0.1, 0.15) is 38.5 Å². The number of hydrogen-bond acceptors (Lipinski definition) is 3. The third-order valence-corrected chi connectivity index (χ3v) is 5.01. The van der Waals surface area contributed by atoms with Crippen molar-refractivity contribution in [2.24, 2.45) is 16.8 Å². The molecule has 0 aromatic heterocycles. The molecule has 1 saturated heterocycles. The highest BCUT2D eigenvalue weighted by molar-refractivity contribution is 6.09. The molecule has 1 spiro atoms. The Kier molecular flexibility index (Phi) is 3.71. The lowest BCUT2D eigenvalue weighted by Crippen LogP contribution is -2.47. The zero-order chi connectivity index (χ0) is 15.1. The van der Waals surface area contributed by atoms with E-state index in [1.165, 1.54) is 0 Å². The molecule has 1 aliphatic carbocycles. The van der Waals surface area contributed by atoms with Crippen LogP contribution in [0.2, 0.25) is 0 Å². The standard InChI is InChI=1S/C14H20F3N3O/c15-14(16,17)10-3-1-9(2-4-10)11-19-12(21)13(20-11)5-7-18-8-6-13/h9-10,18H,1-8H2,(H,19,20,21). The molecule has 1 amide bonds. The van der Waals surface area contributed by atoms with Gasteiger partial charge in [-0.3, -0.25) is 9.79 Å². The van der Waals surface area contributed by atoms with Gasteiger partial charge in [0.05, 0.1) is 5.92 Å². The van der Waals surface area contributed by atoms with Gasteiger partial charge in [-0.1, -0.05) is 0 Å². The van der Waals surface area contributed by atoms with Gasteiger partial charge >= 0.3 is 6.18 Å². The van der Waals surface area contributed by atoms with Crippen molar-refractivity contribution in [3.05, 3.63) is 0 Å². The lowest BCUT2D eigenvalue weighted by Gasteiger charge is -2.29. The van der Waals surface area contributed by atoms with Crippen LogP contribution in [0.25, 0.3) is 0 Å². The molecule has 0 bridgehead atoms. The van der Waals surface area contributed by atoms with Crippen molar-refractivity contribution >= 4 is 11.7 Å². The van der Waals surface area contributed by atoms with Crippen LogP contribution in [0.3, 0.4) is 0 Å². The van der Waals surface area contributed by atoms with E-state index in [0.29, 0.717) is 31.5 Å². The van der Waals surface area contributed by atoms with Gasteiger partial charge < -0.3 is 10.6 Å². The molecule has 0 aromatic rings. The summed E-state index contributed by atoms with van der Waals surface area (Å²) < 4.78 is 38.1. The molecular formula is C14H20F3N3O. The second-order valence-electron chi connectivity index (χ2n) is 6.32. The highest BCUT2D eigenvalue weighted by Crippen LogP contribution is 2.41. The number of nitrogens with one attached hydrogen (secondary N) is 2. The third-order valence-electron chi connectivity index (χ3n) is 5.01. The van der Waals surface area contributed by atoms with Crippen molar-refractivity contribution in [2.45, 2.75) is 50.2 Å². The average Bonchev–Trinajstić information content (AvgIpc) is 2.76. The molecule has 0 atom stereocenters. The van der Waals surface area contributed by atoms with Gasteiger partial charge in [0, 0.05) is 5.92 Å².